The van der Waals surface area contributed by atoms with Gasteiger partial charge in [-0.2, -0.15) is 0 Å². The minimum absolute atomic E-state index is 0.0399. The quantitative estimate of drug-likeness (QED) is 0.567. The normalized spacial score (nSPS) is 12.2. The highest BCUT2D eigenvalue weighted by Gasteiger charge is 2.31. The van der Waals surface area contributed by atoms with Gasteiger partial charge in [-0.3, -0.25) is 13.9 Å². The Bertz CT molecular complexity index is 1080. The molecule has 0 aliphatic carbocycles. The molecule has 0 unspecified atom stereocenters. The number of anilines is 1. The fourth-order valence-electron chi connectivity index (χ4n) is 3.14. The Labute approximate surface area is 197 Å². The summed E-state index contributed by atoms with van der Waals surface area (Å²) in [7, 11) is -2.44. The largest absolute Gasteiger partial charge is 0.357 e. The van der Waals surface area contributed by atoms with Crippen molar-refractivity contribution in [3.63, 3.8) is 0 Å². The third-order valence-electron chi connectivity index (χ3n) is 4.78. The fourth-order valence-corrected chi connectivity index (χ4v) is 4.46. The third kappa shape index (κ3) is 6.57. The van der Waals surface area contributed by atoms with Crippen molar-refractivity contribution in [2.75, 3.05) is 24.2 Å². The molecule has 7 nitrogen and oxygen atoms in total. The number of sulfonamides is 1. The van der Waals surface area contributed by atoms with E-state index >= 15 is 0 Å². The molecule has 0 saturated heterocycles. The number of likely N-dealkylation sites (N-methyl/N-ethyl adjacent to an activating group) is 1. The van der Waals surface area contributed by atoms with Gasteiger partial charge in [0.15, 0.2) is 0 Å². The molecule has 0 radical (unpaired) electrons. The van der Waals surface area contributed by atoms with E-state index in [0.29, 0.717) is 15.6 Å². The van der Waals surface area contributed by atoms with Gasteiger partial charge in [0, 0.05) is 23.6 Å². The monoisotopic (exact) mass is 503 g/mol. The van der Waals surface area contributed by atoms with E-state index < -0.39 is 40.2 Å². The molecule has 0 heterocycles. The Balaban J connectivity index is 2.44. The topological polar surface area (TPSA) is 86.8 Å². The number of nitrogens with one attached hydrogen (secondary N) is 1. The van der Waals surface area contributed by atoms with E-state index in [1.165, 1.54) is 30.1 Å². The minimum atomic E-state index is -3.88. The van der Waals surface area contributed by atoms with Crippen LogP contribution in [0.15, 0.2) is 42.5 Å². The van der Waals surface area contributed by atoms with Gasteiger partial charge >= 0.3 is 0 Å². The highest BCUT2D eigenvalue weighted by atomic mass is 35.5. The Morgan fingerprint density at radius 1 is 1.12 bits per heavy atom. The Hall–Kier alpha value is -2.36. The number of hydrogen-bond donors (Lipinski definition) is 1. The molecule has 0 aromatic heterocycles. The molecule has 32 heavy (non-hydrogen) atoms. The van der Waals surface area contributed by atoms with Crippen molar-refractivity contribution in [3.8, 4) is 0 Å². The molecule has 2 rings (SSSR count). The molecule has 2 aromatic carbocycles. The molecule has 0 aliphatic heterocycles. The number of rotatable bonds is 9. The first kappa shape index (κ1) is 25.9. The maximum absolute atomic E-state index is 13.3. The standard InChI is InChI=1S/C21H24Cl2FN3O4S/c1-4-19(21(29)25-2)26(12-14-5-6-15(22)11-18(14)23)20(28)13-27(32(3,30)31)17-9-7-16(24)8-10-17/h5-11,19H,4,12-13H2,1-3H3,(H,25,29)/t19-/m0/s1. The maximum Gasteiger partial charge on any atom is 0.244 e. The van der Waals surface area contributed by atoms with Crippen molar-refractivity contribution in [3.05, 3.63) is 63.9 Å². The maximum atomic E-state index is 13.3. The van der Waals surface area contributed by atoms with Crippen molar-refractivity contribution in [1.29, 1.82) is 0 Å². The SMILES string of the molecule is CC[C@@H](C(=O)NC)N(Cc1ccc(Cl)cc1Cl)C(=O)CN(c1ccc(F)cc1)S(C)(=O)=O. The summed E-state index contributed by atoms with van der Waals surface area (Å²) in [6.07, 6.45) is 1.23. The number of amides is 2. The molecule has 0 spiro atoms. The van der Waals surface area contributed by atoms with E-state index in [1.807, 2.05) is 0 Å². The van der Waals surface area contributed by atoms with Crippen molar-refractivity contribution in [2.24, 2.45) is 0 Å². The lowest BCUT2D eigenvalue weighted by molar-refractivity contribution is -0.140. The summed E-state index contributed by atoms with van der Waals surface area (Å²) < 4.78 is 39.0. The molecule has 0 saturated carbocycles. The number of benzene rings is 2. The molecule has 0 aliphatic rings. The second kappa shape index (κ2) is 11.0. The predicted octanol–water partition coefficient (Wildman–Crippen LogP) is 3.45. The molecule has 0 fully saturated rings. The Kier molecular flexibility index (Phi) is 8.89. The van der Waals surface area contributed by atoms with Crippen LogP contribution in [0.4, 0.5) is 10.1 Å². The van der Waals surface area contributed by atoms with E-state index in [-0.39, 0.29) is 18.7 Å². The molecular formula is C21H24Cl2FN3O4S. The van der Waals surface area contributed by atoms with Crippen LogP contribution in [0, 0.1) is 5.82 Å². The van der Waals surface area contributed by atoms with Crippen LogP contribution in [0.25, 0.3) is 0 Å². The van der Waals surface area contributed by atoms with Gasteiger partial charge in [0.1, 0.15) is 18.4 Å². The lowest BCUT2D eigenvalue weighted by Crippen LogP contribution is -2.51. The lowest BCUT2D eigenvalue weighted by atomic mass is 10.1. The van der Waals surface area contributed by atoms with Crippen LogP contribution >= 0.6 is 23.2 Å². The van der Waals surface area contributed by atoms with Crippen molar-refractivity contribution in [1.82, 2.24) is 10.2 Å². The number of hydrogen-bond acceptors (Lipinski definition) is 4. The predicted molar refractivity (Wildman–Crippen MR) is 124 cm³/mol. The van der Waals surface area contributed by atoms with Crippen LogP contribution in [0.3, 0.4) is 0 Å². The van der Waals surface area contributed by atoms with Crippen molar-refractivity contribution in [2.45, 2.75) is 25.9 Å². The second-order valence-corrected chi connectivity index (χ2v) is 9.79. The van der Waals surface area contributed by atoms with Crippen LogP contribution in [-0.4, -0.2) is 51.0 Å². The van der Waals surface area contributed by atoms with E-state index in [9.17, 15) is 22.4 Å². The van der Waals surface area contributed by atoms with E-state index in [1.54, 1.807) is 19.1 Å². The van der Waals surface area contributed by atoms with E-state index in [4.69, 9.17) is 23.2 Å². The highest BCUT2D eigenvalue weighted by molar-refractivity contribution is 7.92. The van der Waals surface area contributed by atoms with Crippen molar-refractivity contribution >= 4 is 50.7 Å². The van der Waals surface area contributed by atoms with Gasteiger partial charge in [-0.1, -0.05) is 36.2 Å². The van der Waals surface area contributed by atoms with Crippen LogP contribution in [-0.2, 0) is 26.2 Å². The van der Waals surface area contributed by atoms with Gasteiger partial charge in [-0.25, -0.2) is 12.8 Å². The van der Waals surface area contributed by atoms with Gasteiger partial charge in [0.05, 0.1) is 11.9 Å². The van der Waals surface area contributed by atoms with Crippen LogP contribution in [0.1, 0.15) is 18.9 Å². The molecule has 1 atom stereocenters. The van der Waals surface area contributed by atoms with Gasteiger partial charge in [-0.15, -0.1) is 0 Å². The number of carbonyl (C=O) groups excluding carboxylic acids is 2. The number of halogens is 3. The first-order valence-corrected chi connectivity index (χ1v) is 12.3. The first-order chi connectivity index (χ1) is 15.0. The summed E-state index contributed by atoms with van der Waals surface area (Å²) >= 11 is 12.2. The molecule has 2 amide bonds. The van der Waals surface area contributed by atoms with Gasteiger partial charge in [0.2, 0.25) is 21.8 Å². The van der Waals surface area contributed by atoms with E-state index in [2.05, 4.69) is 5.32 Å². The zero-order valence-electron chi connectivity index (χ0n) is 17.8. The number of nitrogens with zero attached hydrogens (tertiary/aromatic N) is 2. The van der Waals surface area contributed by atoms with Crippen LogP contribution in [0.5, 0.6) is 0 Å². The summed E-state index contributed by atoms with van der Waals surface area (Å²) in [6.45, 7) is 1.11. The molecule has 174 valence electrons. The fraction of sp³-hybridized carbons (Fsp3) is 0.333. The summed E-state index contributed by atoms with van der Waals surface area (Å²) in [6, 6.07) is 8.62. The molecule has 0 bridgehead atoms. The Morgan fingerprint density at radius 3 is 2.25 bits per heavy atom. The third-order valence-corrected chi connectivity index (χ3v) is 6.51. The molecular weight excluding hydrogens is 480 g/mol. The average molecular weight is 504 g/mol. The highest BCUT2D eigenvalue weighted by Crippen LogP contribution is 2.25. The average Bonchev–Trinajstić information content (AvgIpc) is 2.73. The van der Waals surface area contributed by atoms with Crippen LogP contribution < -0.4 is 9.62 Å². The van der Waals surface area contributed by atoms with E-state index in [0.717, 1.165) is 22.7 Å². The zero-order chi connectivity index (χ0) is 24.1. The summed E-state index contributed by atoms with van der Waals surface area (Å²) in [5.74, 6) is -1.57. The smallest absolute Gasteiger partial charge is 0.244 e. The van der Waals surface area contributed by atoms with Gasteiger partial charge in [0.25, 0.3) is 0 Å². The molecule has 1 N–H and O–H groups in total. The minimum Gasteiger partial charge on any atom is -0.357 e. The Morgan fingerprint density at radius 2 is 1.75 bits per heavy atom. The number of carbonyl (C=O) groups is 2. The van der Waals surface area contributed by atoms with Crippen LogP contribution in [0.2, 0.25) is 10.0 Å². The van der Waals surface area contributed by atoms with Crippen molar-refractivity contribution < 1.29 is 22.4 Å². The van der Waals surface area contributed by atoms with Gasteiger partial charge < -0.3 is 10.2 Å². The first-order valence-electron chi connectivity index (χ1n) is 9.66. The zero-order valence-corrected chi connectivity index (χ0v) is 20.1. The summed E-state index contributed by atoms with van der Waals surface area (Å²) in [5, 5.41) is 3.24. The van der Waals surface area contributed by atoms with Gasteiger partial charge in [-0.05, 0) is 48.4 Å². The molecule has 11 heteroatoms. The summed E-state index contributed by atoms with van der Waals surface area (Å²) in [4.78, 5) is 27.1. The summed E-state index contributed by atoms with van der Waals surface area (Å²) in [5.41, 5.74) is 0.666. The second-order valence-electron chi connectivity index (χ2n) is 7.04. The lowest BCUT2D eigenvalue weighted by Gasteiger charge is -2.32. The molecule has 2 aromatic rings.